The van der Waals surface area contributed by atoms with Gasteiger partial charge in [-0.05, 0) is 26.2 Å². The van der Waals surface area contributed by atoms with E-state index in [-0.39, 0.29) is 33.2 Å². The predicted molar refractivity (Wildman–Crippen MR) is 143 cm³/mol. The molecule has 12 heteroatoms. The standard InChI is InChI=1S/C24H26Cl3FN6O2/c1-33(2)8-10-36-24-31-20-13(23(32-24)34-6-3-29-4-7-34)11-14(25)17-18-19(28)15(26)12-16(27)21(18)30-5-9-35-22(17)20/h11-12,29-30H,3-10H2,1-2H3. The van der Waals surface area contributed by atoms with Crippen LogP contribution in [0, 0.1) is 5.82 Å². The Kier molecular flexibility index (Phi) is 7.46. The minimum atomic E-state index is -0.643. The molecule has 1 fully saturated rings. The summed E-state index contributed by atoms with van der Waals surface area (Å²) in [7, 11) is 3.93. The Morgan fingerprint density at radius 3 is 2.58 bits per heavy atom. The molecule has 0 saturated carbocycles. The minimum Gasteiger partial charge on any atom is -0.489 e. The van der Waals surface area contributed by atoms with Crippen molar-refractivity contribution in [1.82, 2.24) is 20.2 Å². The topological polar surface area (TPSA) is 74.8 Å². The van der Waals surface area contributed by atoms with Gasteiger partial charge in [0.2, 0.25) is 0 Å². The quantitative estimate of drug-likeness (QED) is 0.444. The maximum Gasteiger partial charge on any atom is 0.319 e. The van der Waals surface area contributed by atoms with Crippen molar-refractivity contribution < 1.29 is 13.9 Å². The summed E-state index contributed by atoms with van der Waals surface area (Å²) in [5.74, 6) is 0.392. The second-order valence-corrected chi connectivity index (χ2v) is 10.1. The van der Waals surface area contributed by atoms with Gasteiger partial charge in [0.25, 0.3) is 0 Å². The van der Waals surface area contributed by atoms with Gasteiger partial charge in [0.05, 0.1) is 20.8 Å². The predicted octanol–water partition coefficient (Wildman–Crippen LogP) is 4.55. The lowest BCUT2D eigenvalue weighted by molar-refractivity contribution is 0.246. The zero-order chi connectivity index (χ0) is 25.4. The van der Waals surface area contributed by atoms with Gasteiger partial charge in [0.1, 0.15) is 24.5 Å². The molecular weight excluding hydrogens is 530 g/mol. The Hall–Kier alpha value is -2.30. The van der Waals surface area contributed by atoms with Crippen LogP contribution in [0.2, 0.25) is 15.1 Å². The van der Waals surface area contributed by atoms with E-state index in [1.807, 2.05) is 19.0 Å². The largest absolute Gasteiger partial charge is 0.489 e. The Morgan fingerprint density at radius 1 is 1.06 bits per heavy atom. The second-order valence-electron chi connectivity index (χ2n) is 8.86. The second kappa shape index (κ2) is 10.6. The van der Waals surface area contributed by atoms with Gasteiger partial charge in [0.15, 0.2) is 11.6 Å². The number of nitrogens with zero attached hydrogens (tertiary/aromatic N) is 4. The Morgan fingerprint density at radius 2 is 1.83 bits per heavy atom. The molecule has 2 aliphatic rings. The van der Waals surface area contributed by atoms with Crippen LogP contribution in [-0.2, 0) is 0 Å². The third-order valence-electron chi connectivity index (χ3n) is 6.11. The summed E-state index contributed by atoms with van der Waals surface area (Å²) in [6.45, 7) is 4.92. The molecule has 2 aromatic carbocycles. The molecule has 3 heterocycles. The molecule has 8 nitrogen and oxygen atoms in total. The molecule has 0 unspecified atom stereocenters. The van der Waals surface area contributed by atoms with E-state index in [0.717, 1.165) is 26.2 Å². The molecule has 36 heavy (non-hydrogen) atoms. The molecule has 5 rings (SSSR count). The highest BCUT2D eigenvalue weighted by atomic mass is 35.5. The monoisotopic (exact) mass is 554 g/mol. The van der Waals surface area contributed by atoms with Crippen LogP contribution in [0.5, 0.6) is 11.8 Å². The normalized spacial score (nSPS) is 15.6. The molecule has 0 spiro atoms. The van der Waals surface area contributed by atoms with E-state index in [2.05, 4.69) is 15.5 Å². The molecule has 2 aliphatic heterocycles. The fraction of sp³-hybridized carbons (Fsp3) is 0.417. The molecule has 0 radical (unpaired) electrons. The Balaban J connectivity index is 1.77. The first-order chi connectivity index (χ1) is 17.3. The third-order valence-corrected chi connectivity index (χ3v) is 6.99. The van der Waals surface area contributed by atoms with Gasteiger partial charge >= 0.3 is 6.01 Å². The van der Waals surface area contributed by atoms with E-state index in [1.54, 1.807) is 6.07 Å². The molecule has 1 saturated heterocycles. The summed E-state index contributed by atoms with van der Waals surface area (Å²) < 4.78 is 27.6. The third kappa shape index (κ3) is 4.82. The number of fused-ring (bicyclic) bond motifs is 5. The van der Waals surface area contributed by atoms with Gasteiger partial charge in [-0.25, -0.2) is 4.39 Å². The van der Waals surface area contributed by atoms with E-state index in [0.29, 0.717) is 53.4 Å². The van der Waals surface area contributed by atoms with Gasteiger partial charge in [-0.3, -0.25) is 0 Å². The molecule has 0 amide bonds. The molecule has 2 N–H and O–H groups in total. The van der Waals surface area contributed by atoms with Crippen LogP contribution < -0.4 is 25.0 Å². The number of piperazine rings is 1. The first-order valence-electron chi connectivity index (χ1n) is 11.7. The number of likely N-dealkylation sites (N-methyl/N-ethyl adjacent to an activating group) is 1. The zero-order valence-electron chi connectivity index (χ0n) is 19.9. The number of halogens is 4. The van der Waals surface area contributed by atoms with Crippen molar-refractivity contribution >= 4 is 57.2 Å². The SMILES string of the molecule is CN(C)CCOc1nc(N2CCNCC2)c2cc(Cl)c3c(c2n1)OCCNc1c(Cl)cc(Cl)c(F)c1-3. The highest BCUT2D eigenvalue weighted by molar-refractivity contribution is 6.39. The van der Waals surface area contributed by atoms with E-state index < -0.39 is 5.82 Å². The van der Waals surface area contributed by atoms with Crippen LogP contribution in [0.1, 0.15) is 0 Å². The lowest BCUT2D eigenvalue weighted by Gasteiger charge is -2.30. The number of hydrogen-bond donors (Lipinski definition) is 2. The van der Waals surface area contributed by atoms with Crippen molar-refractivity contribution in [3.63, 3.8) is 0 Å². The van der Waals surface area contributed by atoms with Gasteiger partial charge in [-0.15, -0.1) is 0 Å². The summed E-state index contributed by atoms with van der Waals surface area (Å²) in [5.41, 5.74) is 1.37. The first-order valence-corrected chi connectivity index (χ1v) is 12.8. The van der Waals surface area contributed by atoms with Crippen molar-refractivity contribution in [3.05, 3.63) is 33.0 Å². The lowest BCUT2D eigenvalue weighted by atomic mass is 9.98. The summed E-state index contributed by atoms with van der Waals surface area (Å²) in [6.07, 6.45) is 0. The molecule has 0 atom stereocenters. The number of anilines is 2. The van der Waals surface area contributed by atoms with Crippen molar-refractivity contribution in [2.75, 3.05) is 76.8 Å². The molecule has 0 aliphatic carbocycles. The average Bonchev–Trinajstić information content (AvgIpc) is 2.83. The first kappa shape index (κ1) is 25.4. The smallest absolute Gasteiger partial charge is 0.319 e. The number of benzene rings is 2. The minimum absolute atomic E-state index is 0.111. The fourth-order valence-corrected chi connectivity index (χ4v) is 5.20. The number of ether oxygens (including phenoxy) is 2. The van der Waals surface area contributed by atoms with Crippen molar-refractivity contribution in [2.24, 2.45) is 0 Å². The molecule has 3 aromatic rings. The van der Waals surface area contributed by atoms with Crippen molar-refractivity contribution in [3.8, 4) is 22.9 Å². The zero-order valence-corrected chi connectivity index (χ0v) is 22.2. The highest BCUT2D eigenvalue weighted by Crippen LogP contribution is 2.50. The van der Waals surface area contributed by atoms with Crippen LogP contribution in [0.4, 0.5) is 15.9 Å². The van der Waals surface area contributed by atoms with Crippen LogP contribution in [0.15, 0.2) is 12.1 Å². The molecule has 192 valence electrons. The summed E-state index contributed by atoms with van der Waals surface area (Å²) >= 11 is 19.5. The van der Waals surface area contributed by atoms with Crippen LogP contribution in [0.3, 0.4) is 0 Å². The maximum atomic E-state index is 15.5. The van der Waals surface area contributed by atoms with Crippen LogP contribution in [-0.4, -0.2) is 81.4 Å². The summed E-state index contributed by atoms with van der Waals surface area (Å²) in [6, 6.07) is 3.35. The number of hydrogen-bond acceptors (Lipinski definition) is 8. The number of aromatic nitrogens is 2. The van der Waals surface area contributed by atoms with E-state index in [9.17, 15) is 0 Å². The van der Waals surface area contributed by atoms with Gasteiger partial charge in [-0.2, -0.15) is 9.97 Å². The van der Waals surface area contributed by atoms with Crippen molar-refractivity contribution in [2.45, 2.75) is 0 Å². The van der Waals surface area contributed by atoms with Crippen LogP contribution >= 0.6 is 34.8 Å². The number of nitrogens with one attached hydrogen (secondary N) is 2. The van der Waals surface area contributed by atoms with E-state index >= 15 is 4.39 Å². The molecule has 1 aromatic heterocycles. The highest BCUT2D eigenvalue weighted by Gasteiger charge is 2.29. The van der Waals surface area contributed by atoms with E-state index in [1.165, 1.54) is 6.07 Å². The summed E-state index contributed by atoms with van der Waals surface area (Å²) in [4.78, 5) is 13.6. The van der Waals surface area contributed by atoms with Gasteiger partial charge in [-0.1, -0.05) is 34.8 Å². The summed E-state index contributed by atoms with van der Waals surface area (Å²) in [5, 5.41) is 7.65. The molecular formula is C24H26Cl3FN6O2. The molecule has 0 bridgehead atoms. The average molecular weight is 556 g/mol. The maximum absolute atomic E-state index is 15.5. The lowest BCUT2D eigenvalue weighted by Crippen LogP contribution is -2.44. The number of rotatable bonds is 5. The fourth-order valence-electron chi connectivity index (χ4n) is 4.38. The Labute approximate surface area is 223 Å². The Bertz CT molecular complexity index is 1300. The van der Waals surface area contributed by atoms with E-state index in [4.69, 9.17) is 54.2 Å². The van der Waals surface area contributed by atoms with Gasteiger partial charge in [0, 0.05) is 55.8 Å². The van der Waals surface area contributed by atoms with Crippen LogP contribution in [0.25, 0.3) is 22.0 Å². The van der Waals surface area contributed by atoms with Crippen molar-refractivity contribution in [1.29, 1.82) is 0 Å². The van der Waals surface area contributed by atoms with Gasteiger partial charge < -0.3 is 29.9 Å².